The highest BCUT2D eigenvalue weighted by molar-refractivity contribution is 5.68. The number of aromatic nitrogens is 3. The van der Waals surface area contributed by atoms with Gasteiger partial charge >= 0.3 is 6.09 Å². The molecule has 2 heterocycles. The van der Waals surface area contributed by atoms with Crippen LogP contribution in [-0.2, 0) is 4.74 Å². The molecule has 0 bridgehead atoms. The van der Waals surface area contributed by atoms with Crippen LogP contribution < -0.4 is 21.3 Å². The molecule has 0 spiro atoms. The summed E-state index contributed by atoms with van der Waals surface area (Å²) in [6.07, 6.45) is 5.97. The van der Waals surface area contributed by atoms with Gasteiger partial charge in [-0.2, -0.15) is 4.98 Å². The molecule has 1 unspecified atom stereocenters. The van der Waals surface area contributed by atoms with Crippen LogP contribution in [-0.4, -0.2) is 57.9 Å². The monoisotopic (exact) mass is 377 g/mol. The molecule has 2 aliphatic rings. The Kier molecular flexibility index (Phi) is 6.30. The van der Waals surface area contributed by atoms with Gasteiger partial charge in [-0.3, -0.25) is 0 Å². The van der Waals surface area contributed by atoms with E-state index in [1.807, 2.05) is 20.8 Å². The van der Waals surface area contributed by atoms with Crippen molar-refractivity contribution in [2.24, 2.45) is 0 Å². The van der Waals surface area contributed by atoms with E-state index in [1.54, 1.807) is 0 Å². The Morgan fingerprint density at radius 1 is 1.04 bits per heavy atom. The molecule has 1 aliphatic heterocycles. The molecular weight excluding hydrogens is 346 g/mol. The van der Waals surface area contributed by atoms with Crippen molar-refractivity contribution in [3.05, 3.63) is 6.33 Å². The van der Waals surface area contributed by atoms with Crippen molar-refractivity contribution in [2.75, 3.05) is 23.7 Å². The number of carbonyl (C=O) groups excluding carboxylic acids is 1. The number of hydrogen-bond donors (Lipinski definition) is 4. The highest BCUT2D eigenvalue weighted by Crippen LogP contribution is 2.22. The van der Waals surface area contributed by atoms with Gasteiger partial charge in [0.05, 0.1) is 0 Å². The molecule has 2 fully saturated rings. The summed E-state index contributed by atoms with van der Waals surface area (Å²) in [6, 6.07) is 0.822. The third kappa shape index (κ3) is 6.50. The van der Waals surface area contributed by atoms with E-state index in [2.05, 4.69) is 36.2 Å². The van der Waals surface area contributed by atoms with Gasteiger partial charge in [-0.1, -0.05) is 0 Å². The highest BCUT2D eigenvalue weighted by Gasteiger charge is 2.25. The van der Waals surface area contributed by atoms with E-state index in [-0.39, 0.29) is 12.1 Å². The van der Waals surface area contributed by atoms with E-state index in [1.165, 1.54) is 6.33 Å². The highest BCUT2D eigenvalue weighted by atomic mass is 16.6. The average Bonchev–Trinajstić information content (AvgIpc) is 3.08. The van der Waals surface area contributed by atoms with Crippen LogP contribution in [0.2, 0.25) is 0 Å². The summed E-state index contributed by atoms with van der Waals surface area (Å²) < 4.78 is 5.33. The molecule has 27 heavy (non-hydrogen) atoms. The molecule has 4 N–H and O–H groups in total. The molecule has 3 rings (SSSR count). The van der Waals surface area contributed by atoms with Crippen molar-refractivity contribution in [1.82, 2.24) is 25.6 Å². The molecule has 150 valence electrons. The van der Waals surface area contributed by atoms with Crippen LogP contribution in [0.15, 0.2) is 6.33 Å². The summed E-state index contributed by atoms with van der Waals surface area (Å²) >= 11 is 0. The van der Waals surface area contributed by atoms with Gasteiger partial charge in [0.1, 0.15) is 11.9 Å². The minimum atomic E-state index is -0.470. The number of alkyl carbamates (subject to hydrolysis) is 1. The molecule has 9 heteroatoms. The summed E-state index contributed by atoms with van der Waals surface area (Å²) in [6.45, 7) is 7.56. The number of hydrogen-bond acceptors (Lipinski definition) is 8. The second kappa shape index (κ2) is 8.69. The molecule has 1 amide bonds. The van der Waals surface area contributed by atoms with E-state index in [0.29, 0.717) is 24.0 Å². The van der Waals surface area contributed by atoms with E-state index in [9.17, 15) is 4.79 Å². The molecular formula is C18H31N7O2. The van der Waals surface area contributed by atoms with Crippen molar-refractivity contribution >= 4 is 18.0 Å². The molecule has 1 saturated carbocycles. The first kappa shape index (κ1) is 19.6. The maximum atomic E-state index is 11.9. The van der Waals surface area contributed by atoms with Gasteiger partial charge in [0.2, 0.25) is 11.9 Å². The maximum Gasteiger partial charge on any atom is 0.407 e. The predicted octanol–water partition coefficient (Wildman–Crippen LogP) is 1.89. The maximum absolute atomic E-state index is 11.9. The molecule has 1 aromatic rings. The first-order valence-electron chi connectivity index (χ1n) is 9.80. The lowest BCUT2D eigenvalue weighted by Crippen LogP contribution is -2.42. The van der Waals surface area contributed by atoms with Crippen molar-refractivity contribution in [3.8, 4) is 0 Å². The zero-order valence-electron chi connectivity index (χ0n) is 16.4. The summed E-state index contributed by atoms with van der Waals surface area (Å²) in [5.41, 5.74) is -0.470. The number of amides is 1. The van der Waals surface area contributed by atoms with E-state index in [4.69, 9.17) is 4.74 Å². The second-order valence-corrected chi connectivity index (χ2v) is 8.31. The van der Waals surface area contributed by atoms with Crippen LogP contribution in [0.5, 0.6) is 0 Å². The van der Waals surface area contributed by atoms with Crippen LogP contribution in [0.1, 0.15) is 52.9 Å². The average molecular weight is 377 g/mol. The first-order chi connectivity index (χ1) is 12.9. The number of carbonyl (C=O) groups is 1. The quantitative estimate of drug-likeness (QED) is 0.615. The molecule has 1 atom stereocenters. The predicted molar refractivity (Wildman–Crippen MR) is 104 cm³/mol. The Morgan fingerprint density at radius 2 is 1.67 bits per heavy atom. The number of ether oxygens (including phenoxy) is 1. The van der Waals surface area contributed by atoms with Crippen LogP contribution in [0.25, 0.3) is 0 Å². The molecule has 1 aromatic heterocycles. The summed E-state index contributed by atoms with van der Waals surface area (Å²) in [5.74, 6) is 1.21. The number of rotatable bonds is 5. The Morgan fingerprint density at radius 3 is 2.26 bits per heavy atom. The lowest BCUT2D eigenvalue weighted by molar-refractivity contribution is 0.0492. The second-order valence-electron chi connectivity index (χ2n) is 8.31. The normalized spacial score (nSPS) is 25.7. The van der Waals surface area contributed by atoms with Crippen LogP contribution in [0.3, 0.4) is 0 Å². The number of nitrogens with zero attached hydrogens (tertiary/aromatic N) is 3. The van der Waals surface area contributed by atoms with Gasteiger partial charge in [0, 0.05) is 24.7 Å². The SMILES string of the molecule is CC(C)(C)OC(=O)NC1CCC(Nc2ncnc(NC3CCNC3)n2)CC1. The molecule has 9 nitrogen and oxygen atoms in total. The van der Waals surface area contributed by atoms with Crippen LogP contribution in [0, 0.1) is 0 Å². The van der Waals surface area contributed by atoms with E-state index < -0.39 is 5.60 Å². The van der Waals surface area contributed by atoms with Gasteiger partial charge in [-0.05, 0) is 59.4 Å². The van der Waals surface area contributed by atoms with Crippen molar-refractivity contribution in [3.63, 3.8) is 0 Å². The first-order valence-corrected chi connectivity index (χ1v) is 9.80. The van der Waals surface area contributed by atoms with Gasteiger partial charge < -0.3 is 26.0 Å². The third-order valence-electron chi connectivity index (χ3n) is 4.75. The lowest BCUT2D eigenvalue weighted by Gasteiger charge is -2.30. The minimum absolute atomic E-state index is 0.156. The number of anilines is 2. The molecule has 0 aromatic carbocycles. The van der Waals surface area contributed by atoms with Gasteiger partial charge in [-0.15, -0.1) is 0 Å². The van der Waals surface area contributed by atoms with Crippen molar-refractivity contribution in [2.45, 2.75) is 76.6 Å². The van der Waals surface area contributed by atoms with Crippen LogP contribution in [0.4, 0.5) is 16.7 Å². The van der Waals surface area contributed by atoms with Gasteiger partial charge in [0.15, 0.2) is 0 Å². The Labute approximate surface area is 160 Å². The number of nitrogens with one attached hydrogen (secondary N) is 4. The fourth-order valence-corrected chi connectivity index (χ4v) is 3.43. The van der Waals surface area contributed by atoms with E-state index in [0.717, 1.165) is 45.2 Å². The molecule has 1 saturated heterocycles. The Hall–Kier alpha value is -2.16. The summed E-state index contributed by atoms with van der Waals surface area (Å²) in [5, 5.41) is 13.0. The lowest BCUT2D eigenvalue weighted by atomic mass is 9.91. The smallest absolute Gasteiger partial charge is 0.407 e. The topological polar surface area (TPSA) is 113 Å². The standard InChI is InChI=1S/C18H31N7O2/c1-18(2,3)27-17(26)24-13-6-4-12(5-7-13)22-15-20-11-21-16(25-15)23-14-8-9-19-10-14/h11-14,19H,4-10H2,1-3H3,(H,24,26)(H2,20,21,22,23,25). The Bertz CT molecular complexity index is 620. The van der Waals surface area contributed by atoms with E-state index >= 15 is 0 Å². The zero-order valence-corrected chi connectivity index (χ0v) is 16.4. The minimum Gasteiger partial charge on any atom is -0.444 e. The summed E-state index contributed by atoms with van der Waals surface area (Å²) in [4.78, 5) is 24.8. The fraction of sp³-hybridized carbons (Fsp3) is 0.778. The van der Waals surface area contributed by atoms with Gasteiger partial charge in [-0.25, -0.2) is 14.8 Å². The van der Waals surface area contributed by atoms with Crippen LogP contribution >= 0.6 is 0 Å². The van der Waals surface area contributed by atoms with Crippen molar-refractivity contribution in [1.29, 1.82) is 0 Å². The fourth-order valence-electron chi connectivity index (χ4n) is 3.43. The van der Waals surface area contributed by atoms with Crippen molar-refractivity contribution < 1.29 is 9.53 Å². The zero-order chi connectivity index (χ0) is 19.3. The molecule has 1 aliphatic carbocycles. The molecule has 0 radical (unpaired) electrons. The summed E-state index contributed by atoms with van der Waals surface area (Å²) in [7, 11) is 0. The largest absolute Gasteiger partial charge is 0.444 e. The van der Waals surface area contributed by atoms with Gasteiger partial charge in [0.25, 0.3) is 0 Å². The third-order valence-corrected chi connectivity index (χ3v) is 4.75. The Balaban J connectivity index is 1.43.